The minimum atomic E-state index is -3.79. The molecule has 0 saturated carbocycles. The lowest BCUT2D eigenvalue weighted by atomic mass is 10.2. The van der Waals surface area contributed by atoms with Gasteiger partial charge in [-0.3, -0.25) is 20.4 Å². The summed E-state index contributed by atoms with van der Waals surface area (Å²) in [5, 5.41) is 0.482. The molecule has 1 heterocycles. The van der Waals surface area contributed by atoms with Gasteiger partial charge in [0.15, 0.2) is 0 Å². The van der Waals surface area contributed by atoms with Gasteiger partial charge in [-0.05, 0) is 54.6 Å². The third kappa shape index (κ3) is 5.39. The fraction of sp³-hybridized carbons (Fsp3) is 0.0526. The fourth-order valence-corrected chi connectivity index (χ4v) is 3.74. The minimum Gasteiger partial charge on any atom is -0.468 e. The Morgan fingerprint density at radius 1 is 0.933 bits per heavy atom. The zero-order valence-corrected chi connectivity index (χ0v) is 17.5. The molecule has 0 aliphatic rings. The van der Waals surface area contributed by atoms with Crippen LogP contribution >= 0.6 is 23.2 Å². The van der Waals surface area contributed by atoms with Crippen LogP contribution in [0.5, 0.6) is 0 Å². The van der Waals surface area contributed by atoms with E-state index in [-0.39, 0.29) is 27.6 Å². The molecule has 0 saturated heterocycles. The van der Waals surface area contributed by atoms with E-state index < -0.39 is 21.8 Å². The normalized spacial score (nSPS) is 11.1. The highest BCUT2D eigenvalue weighted by Crippen LogP contribution is 2.20. The Bertz CT molecular complexity index is 1160. The van der Waals surface area contributed by atoms with Crippen molar-refractivity contribution in [1.82, 2.24) is 15.6 Å². The topological polar surface area (TPSA) is 118 Å². The van der Waals surface area contributed by atoms with Crippen LogP contribution in [0.15, 0.2) is 70.2 Å². The van der Waals surface area contributed by atoms with Crippen molar-refractivity contribution < 1.29 is 22.4 Å². The molecule has 11 heteroatoms. The number of hydrazine groups is 1. The largest absolute Gasteiger partial charge is 0.468 e. The van der Waals surface area contributed by atoms with E-state index >= 15 is 0 Å². The van der Waals surface area contributed by atoms with Gasteiger partial charge in [0, 0.05) is 10.6 Å². The summed E-state index contributed by atoms with van der Waals surface area (Å²) in [6, 6.07) is 12.8. The van der Waals surface area contributed by atoms with Gasteiger partial charge < -0.3 is 4.42 Å². The second-order valence-electron chi connectivity index (χ2n) is 5.96. The molecular weight excluding hydrogens is 453 g/mol. The molecule has 30 heavy (non-hydrogen) atoms. The molecule has 3 aromatic rings. The van der Waals surface area contributed by atoms with Crippen LogP contribution in [0.2, 0.25) is 10.0 Å². The van der Waals surface area contributed by atoms with Crippen molar-refractivity contribution in [2.24, 2.45) is 0 Å². The van der Waals surface area contributed by atoms with Crippen molar-refractivity contribution in [3.8, 4) is 0 Å². The number of carbonyl (C=O) groups excluding carboxylic acids is 2. The van der Waals surface area contributed by atoms with Gasteiger partial charge in [0.1, 0.15) is 5.76 Å². The van der Waals surface area contributed by atoms with Crippen LogP contribution in [-0.2, 0) is 16.6 Å². The number of furan rings is 1. The number of rotatable bonds is 6. The smallest absolute Gasteiger partial charge is 0.271 e. The van der Waals surface area contributed by atoms with E-state index in [9.17, 15) is 18.0 Å². The first kappa shape index (κ1) is 21.8. The summed E-state index contributed by atoms with van der Waals surface area (Å²) in [6.07, 6.45) is 1.44. The maximum Gasteiger partial charge on any atom is 0.271 e. The first-order chi connectivity index (χ1) is 14.3. The molecule has 2 aromatic carbocycles. The van der Waals surface area contributed by atoms with Gasteiger partial charge in [-0.25, -0.2) is 13.1 Å². The lowest BCUT2D eigenvalue weighted by Crippen LogP contribution is -2.41. The molecule has 3 rings (SSSR count). The van der Waals surface area contributed by atoms with E-state index in [0.717, 1.165) is 0 Å². The Hall–Kier alpha value is -2.85. The molecule has 0 fully saturated rings. The second kappa shape index (κ2) is 9.31. The summed E-state index contributed by atoms with van der Waals surface area (Å²) in [5.74, 6) is -0.837. The number of hydrogen-bond donors (Lipinski definition) is 3. The van der Waals surface area contributed by atoms with Crippen LogP contribution in [0, 0.1) is 0 Å². The molecule has 0 spiro atoms. The van der Waals surface area contributed by atoms with Crippen molar-refractivity contribution in [3.05, 3.63) is 87.8 Å². The van der Waals surface area contributed by atoms with E-state index in [2.05, 4.69) is 15.6 Å². The first-order valence-corrected chi connectivity index (χ1v) is 10.7. The molecule has 0 aliphatic carbocycles. The van der Waals surface area contributed by atoms with Gasteiger partial charge in [0.05, 0.1) is 28.3 Å². The summed E-state index contributed by atoms with van der Waals surface area (Å²) in [6.45, 7) is -0.00430. The van der Waals surface area contributed by atoms with Gasteiger partial charge in [0.2, 0.25) is 10.0 Å². The maximum absolute atomic E-state index is 12.3. The van der Waals surface area contributed by atoms with Gasteiger partial charge >= 0.3 is 0 Å². The minimum absolute atomic E-state index is 0.00430. The summed E-state index contributed by atoms with van der Waals surface area (Å²) >= 11 is 11.8. The van der Waals surface area contributed by atoms with E-state index in [1.54, 1.807) is 12.1 Å². The van der Waals surface area contributed by atoms with Crippen LogP contribution in [0.25, 0.3) is 0 Å². The van der Waals surface area contributed by atoms with E-state index in [1.165, 1.54) is 48.7 Å². The summed E-state index contributed by atoms with van der Waals surface area (Å²) in [5.41, 5.74) is 4.68. The Morgan fingerprint density at radius 2 is 1.63 bits per heavy atom. The van der Waals surface area contributed by atoms with E-state index in [1.807, 2.05) is 0 Å². The molecule has 0 unspecified atom stereocenters. The zero-order chi connectivity index (χ0) is 21.7. The van der Waals surface area contributed by atoms with Crippen LogP contribution in [-0.4, -0.2) is 20.2 Å². The molecule has 0 radical (unpaired) electrons. The summed E-state index contributed by atoms with van der Waals surface area (Å²) in [4.78, 5) is 24.3. The Labute approximate surface area is 182 Å². The molecule has 156 valence electrons. The number of sulfonamides is 1. The number of benzene rings is 2. The lowest BCUT2D eigenvalue weighted by molar-refractivity contribution is 0.0846. The third-order valence-electron chi connectivity index (χ3n) is 3.91. The monoisotopic (exact) mass is 467 g/mol. The van der Waals surface area contributed by atoms with Gasteiger partial charge in [0.25, 0.3) is 11.8 Å². The quantitative estimate of drug-likeness (QED) is 0.481. The number of amides is 2. The molecular formula is C19H15Cl2N3O5S. The van der Waals surface area contributed by atoms with E-state index in [0.29, 0.717) is 10.8 Å². The maximum atomic E-state index is 12.3. The number of hydrogen-bond acceptors (Lipinski definition) is 5. The van der Waals surface area contributed by atoms with Crippen molar-refractivity contribution >= 4 is 45.0 Å². The zero-order valence-electron chi connectivity index (χ0n) is 15.2. The predicted molar refractivity (Wildman–Crippen MR) is 111 cm³/mol. The van der Waals surface area contributed by atoms with Crippen molar-refractivity contribution in [2.75, 3.05) is 0 Å². The SMILES string of the molecule is O=C(NNC(=O)c1cc(Cl)ccc1Cl)c1ccc(S(=O)(=O)NCc2ccco2)cc1. The number of carbonyl (C=O) groups is 2. The molecule has 0 bridgehead atoms. The molecule has 8 nitrogen and oxygen atoms in total. The highest BCUT2D eigenvalue weighted by atomic mass is 35.5. The van der Waals surface area contributed by atoms with Crippen LogP contribution in [0.3, 0.4) is 0 Å². The highest BCUT2D eigenvalue weighted by molar-refractivity contribution is 7.89. The fourth-order valence-electron chi connectivity index (χ4n) is 2.37. The average molecular weight is 468 g/mol. The second-order valence-corrected chi connectivity index (χ2v) is 8.57. The van der Waals surface area contributed by atoms with Gasteiger partial charge in [-0.1, -0.05) is 23.2 Å². The van der Waals surface area contributed by atoms with Crippen molar-refractivity contribution in [1.29, 1.82) is 0 Å². The van der Waals surface area contributed by atoms with Crippen LogP contribution < -0.4 is 15.6 Å². The molecule has 2 amide bonds. The average Bonchev–Trinajstić information content (AvgIpc) is 3.26. The first-order valence-electron chi connectivity index (χ1n) is 8.44. The van der Waals surface area contributed by atoms with Crippen molar-refractivity contribution in [2.45, 2.75) is 11.4 Å². The number of halogens is 2. The molecule has 3 N–H and O–H groups in total. The summed E-state index contributed by atoms with van der Waals surface area (Å²) < 4.78 is 32.1. The Morgan fingerprint density at radius 3 is 2.30 bits per heavy atom. The molecule has 1 aromatic heterocycles. The third-order valence-corrected chi connectivity index (χ3v) is 5.89. The predicted octanol–water partition coefficient (Wildman–Crippen LogP) is 3.14. The van der Waals surface area contributed by atoms with E-state index in [4.69, 9.17) is 27.6 Å². The van der Waals surface area contributed by atoms with Gasteiger partial charge in [-0.15, -0.1) is 0 Å². The van der Waals surface area contributed by atoms with Gasteiger partial charge in [-0.2, -0.15) is 0 Å². The lowest BCUT2D eigenvalue weighted by Gasteiger charge is -2.10. The Kier molecular flexibility index (Phi) is 6.78. The summed E-state index contributed by atoms with van der Waals surface area (Å²) in [7, 11) is -3.79. The molecule has 0 aliphatic heterocycles. The molecule has 0 atom stereocenters. The van der Waals surface area contributed by atoms with Crippen molar-refractivity contribution in [3.63, 3.8) is 0 Å². The van der Waals surface area contributed by atoms with Crippen LogP contribution in [0.4, 0.5) is 0 Å². The van der Waals surface area contributed by atoms with Crippen LogP contribution in [0.1, 0.15) is 26.5 Å². The highest BCUT2D eigenvalue weighted by Gasteiger charge is 2.16. The Balaban J connectivity index is 1.60. The standard InChI is InChI=1S/C19H15Cl2N3O5S/c20-13-5-8-17(21)16(10-13)19(26)24-23-18(25)12-3-6-15(7-4-12)30(27,28)22-11-14-2-1-9-29-14/h1-10,22H,11H2,(H,23,25)(H,24,26). The number of nitrogens with one attached hydrogen (secondary N) is 3.